The lowest BCUT2D eigenvalue weighted by Gasteiger charge is -2.11. The molecule has 0 saturated carbocycles. The molecule has 11 heteroatoms. The van der Waals surface area contributed by atoms with Gasteiger partial charge in [-0.15, -0.1) is 0 Å². The molecule has 6 aromatic rings. The van der Waals surface area contributed by atoms with Crippen molar-refractivity contribution in [2.45, 2.75) is 25.7 Å². The summed E-state index contributed by atoms with van der Waals surface area (Å²) >= 11 is 0. The summed E-state index contributed by atoms with van der Waals surface area (Å²) in [5.41, 5.74) is 3.85. The van der Waals surface area contributed by atoms with Crippen LogP contribution in [0.25, 0.3) is 22.3 Å². The van der Waals surface area contributed by atoms with Crippen molar-refractivity contribution in [1.29, 1.82) is 0 Å². The quantitative estimate of drug-likeness (QED) is 0.168. The predicted molar refractivity (Wildman–Crippen MR) is 155 cm³/mol. The fourth-order valence-corrected chi connectivity index (χ4v) is 4.88. The molecule has 44 heavy (non-hydrogen) atoms. The first-order chi connectivity index (χ1) is 21.1. The van der Waals surface area contributed by atoms with Gasteiger partial charge in [-0.3, -0.25) is 0 Å². The SMILES string of the molecule is O=C(O)c1ccc2nc(Cc3ccc(-c4cccc(OCc5ccc(C(F)(F)F)cc5F)n4)cc3)n(Cc3ccc[nH]3)c2c1. The van der Waals surface area contributed by atoms with Gasteiger partial charge in [0, 0.05) is 35.5 Å². The van der Waals surface area contributed by atoms with E-state index in [-0.39, 0.29) is 23.6 Å². The fourth-order valence-electron chi connectivity index (χ4n) is 4.88. The van der Waals surface area contributed by atoms with Crippen LogP contribution in [0.15, 0.2) is 97.2 Å². The molecule has 0 aliphatic rings. The molecule has 6 rings (SSSR count). The van der Waals surface area contributed by atoms with Crippen molar-refractivity contribution in [3.05, 3.63) is 137 Å². The number of aromatic carboxylic acids is 1. The minimum atomic E-state index is -4.63. The Morgan fingerprint density at radius 3 is 2.45 bits per heavy atom. The zero-order chi connectivity index (χ0) is 30.8. The van der Waals surface area contributed by atoms with E-state index in [1.165, 1.54) is 0 Å². The summed E-state index contributed by atoms with van der Waals surface area (Å²) in [4.78, 5) is 24.1. The predicted octanol–water partition coefficient (Wildman–Crippen LogP) is 7.50. The zero-order valence-corrected chi connectivity index (χ0v) is 23.0. The van der Waals surface area contributed by atoms with Gasteiger partial charge in [0.25, 0.3) is 0 Å². The first-order valence-electron chi connectivity index (χ1n) is 13.5. The molecule has 3 aromatic carbocycles. The van der Waals surface area contributed by atoms with E-state index in [0.717, 1.165) is 40.3 Å². The number of fused-ring (bicyclic) bond motifs is 1. The van der Waals surface area contributed by atoms with Crippen LogP contribution in [0.3, 0.4) is 0 Å². The maximum absolute atomic E-state index is 14.2. The molecule has 3 aromatic heterocycles. The summed E-state index contributed by atoms with van der Waals surface area (Å²) in [7, 11) is 0. The van der Waals surface area contributed by atoms with Gasteiger partial charge in [-0.25, -0.2) is 19.2 Å². The van der Waals surface area contributed by atoms with Crippen LogP contribution >= 0.6 is 0 Å². The third-order valence-electron chi connectivity index (χ3n) is 7.16. The summed E-state index contributed by atoms with van der Waals surface area (Å²) < 4.78 is 60.3. The van der Waals surface area contributed by atoms with Gasteiger partial charge in [0.15, 0.2) is 0 Å². The Labute approximate surface area is 248 Å². The third kappa shape index (κ3) is 6.17. The Kier molecular flexibility index (Phi) is 7.60. The highest BCUT2D eigenvalue weighted by Crippen LogP contribution is 2.31. The van der Waals surface area contributed by atoms with E-state index in [4.69, 9.17) is 9.72 Å². The first kappa shape index (κ1) is 28.7. The topological polar surface area (TPSA) is 93.0 Å². The monoisotopic (exact) mass is 600 g/mol. The molecule has 3 heterocycles. The van der Waals surface area contributed by atoms with E-state index in [1.807, 2.05) is 47.2 Å². The smallest absolute Gasteiger partial charge is 0.416 e. The second kappa shape index (κ2) is 11.7. The molecule has 222 valence electrons. The molecule has 0 amide bonds. The lowest BCUT2D eigenvalue weighted by atomic mass is 10.1. The summed E-state index contributed by atoms with van der Waals surface area (Å²) in [6.45, 7) is 0.212. The molecular formula is C33H24F4N4O3. The number of alkyl halides is 3. The van der Waals surface area contributed by atoms with Crippen molar-refractivity contribution in [3.63, 3.8) is 0 Å². The summed E-state index contributed by atoms with van der Waals surface area (Å²) in [5.74, 6) is -1.04. The van der Waals surface area contributed by atoms with E-state index in [1.54, 1.807) is 36.4 Å². The van der Waals surface area contributed by atoms with E-state index in [9.17, 15) is 27.5 Å². The molecule has 0 aliphatic heterocycles. The van der Waals surface area contributed by atoms with Gasteiger partial charge >= 0.3 is 12.1 Å². The highest BCUT2D eigenvalue weighted by Gasteiger charge is 2.31. The standard InChI is InChI=1S/C33H24F4N4O3/c34-26-17-24(33(35,36)37)12-10-23(26)19-44-31-5-1-4-27(40-31)21-8-6-20(7-9-21)15-30-39-28-13-11-22(32(42)43)16-29(28)41(30)18-25-3-2-14-38-25/h1-14,16-17,38H,15,18-19H2,(H,42,43). The number of imidazole rings is 1. The minimum Gasteiger partial charge on any atom is -0.478 e. The summed E-state index contributed by atoms with van der Waals surface area (Å²) in [5, 5.41) is 9.50. The van der Waals surface area contributed by atoms with E-state index < -0.39 is 23.5 Å². The number of aromatic nitrogens is 4. The van der Waals surface area contributed by atoms with Crippen LogP contribution in [0, 0.1) is 5.82 Å². The van der Waals surface area contributed by atoms with Gasteiger partial charge < -0.3 is 19.4 Å². The van der Waals surface area contributed by atoms with Gasteiger partial charge in [0.1, 0.15) is 18.2 Å². The number of carbonyl (C=O) groups is 1. The maximum atomic E-state index is 14.2. The zero-order valence-electron chi connectivity index (χ0n) is 23.0. The Bertz CT molecular complexity index is 1950. The van der Waals surface area contributed by atoms with Crippen molar-refractivity contribution in [2.24, 2.45) is 0 Å². The van der Waals surface area contributed by atoms with Crippen LogP contribution in [-0.2, 0) is 25.7 Å². The van der Waals surface area contributed by atoms with Crippen molar-refractivity contribution in [2.75, 3.05) is 0 Å². The Morgan fingerprint density at radius 1 is 0.932 bits per heavy atom. The van der Waals surface area contributed by atoms with Crippen molar-refractivity contribution >= 4 is 17.0 Å². The largest absolute Gasteiger partial charge is 0.478 e. The molecule has 0 radical (unpaired) electrons. The molecule has 0 fully saturated rings. The number of benzene rings is 3. The number of ether oxygens (including phenoxy) is 1. The van der Waals surface area contributed by atoms with Crippen molar-refractivity contribution in [1.82, 2.24) is 19.5 Å². The maximum Gasteiger partial charge on any atom is 0.416 e. The first-order valence-corrected chi connectivity index (χ1v) is 13.5. The Balaban J connectivity index is 1.19. The summed E-state index contributed by atoms with van der Waals surface area (Å²) in [6.07, 6.45) is -2.31. The molecule has 0 aliphatic carbocycles. The molecule has 7 nitrogen and oxygen atoms in total. The number of H-pyrrole nitrogens is 1. The second-order valence-electron chi connectivity index (χ2n) is 10.1. The van der Waals surface area contributed by atoms with Crippen LogP contribution in [0.4, 0.5) is 17.6 Å². The van der Waals surface area contributed by atoms with Gasteiger partial charge in [0.2, 0.25) is 5.88 Å². The summed E-state index contributed by atoms with van der Waals surface area (Å²) in [6, 6.07) is 23.9. The number of carboxylic acid groups (broad SMARTS) is 1. The van der Waals surface area contributed by atoms with Gasteiger partial charge in [-0.2, -0.15) is 13.2 Å². The van der Waals surface area contributed by atoms with Gasteiger partial charge in [-0.1, -0.05) is 36.4 Å². The Morgan fingerprint density at radius 2 is 1.75 bits per heavy atom. The molecule has 0 unspecified atom stereocenters. The van der Waals surface area contributed by atoms with Crippen LogP contribution < -0.4 is 4.74 Å². The number of aromatic amines is 1. The van der Waals surface area contributed by atoms with Gasteiger partial charge in [-0.05, 0) is 54.1 Å². The molecule has 2 N–H and O–H groups in total. The number of hydrogen-bond acceptors (Lipinski definition) is 4. The fraction of sp³-hybridized carbons (Fsp3) is 0.121. The minimum absolute atomic E-state index is 0.0176. The molecule has 0 saturated heterocycles. The third-order valence-corrected chi connectivity index (χ3v) is 7.16. The normalized spacial score (nSPS) is 11.6. The number of halogens is 4. The van der Waals surface area contributed by atoms with Gasteiger partial charge in [0.05, 0.1) is 34.4 Å². The number of pyridine rings is 1. The average Bonchev–Trinajstić information content (AvgIpc) is 3.64. The number of nitrogens with one attached hydrogen (secondary N) is 1. The molecule has 0 bridgehead atoms. The lowest BCUT2D eigenvalue weighted by molar-refractivity contribution is -0.137. The second-order valence-corrected chi connectivity index (χ2v) is 10.1. The van der Waals surface area contributed by atoms with E-state index >= 15 is 0 Å². The van der Waals surface area contributed by atoms with Crippen LogP contribution in [0.5, 0.6) is 5.88 Å². The van der Waals surface area contributed by atoms with E-state index in [0.29, 0.717) is 30.2 Å². The lowest BCUT2D eigenvalue weighted by Crippen LogP contribution is -2.07. The van der Waals surface area contributed by atoms with Crippen molar-refractivity contribution < 1.29 is 32.2 Å². The molecule has 0 spiro atoms. The Hall–Kier alpha value is -5.45. The number of rotatable bonds is 9. The molecular weight excluding hydrogens is 576 g/mol. The highest BCUT2D eigenvalue weighted by atomic mass is 19.4. The van der Waals surface area contributed by atoms with Crippen LogP contribution in [0.2, 0.25) is 0 Å². The number of nitrogens with zero attached hydrogens (tertiary/aromatic N) is 3. The average molecular weight is 601 g/mol. The number of hydrogen-bond donors (Lipinski definition) is 2. The van der Waals surface area contributed by atoms with Crippen molar-refractivity contribution in [3.8, 4) is 17.1 Å². The highest BCUT2D eigenvalue weighted by molar-refractivity contribution is 5.92. The number of carboxylic acids is 1. The molecule has 0 atom stereocenters. The van der Waals surface area contributed by atoms with Crippen LogP contribution in [-0.4, -0.2) is 30.6 Å². The van der Waals surface area contributed by atoms with Crippen LogP contribution in [0.1, 0.15) is 38.6 Å². The van der Waals surface area contributed by atoms with E-state index in [2.05, 4.69) is 9.97 Å².